The Balaban J connectivity index is 2.03. The summed E-state index contributed by atoms with van der Waals surface area (Å²) in [6.07, 6.45) is 1.38. The van der Waals surface area contributed by atoms with Gasteiger partial charge < -0.3 is 15.2 Å². The second kappa shape index (κ2) is 5.61. The Hall–Kier alpha value is -1.56. The number of carboxylic acid groups (broad SMARTS) is 1. The number of carbonyl (C=O) groups is 2. The van der Waals surface area contributed by atoms with E-state index in [1.54, 1.807) is 19.1 Å². The maximum absolute atomic E-state index is 11.7. The third-order valence-electron chi connectivity index (χ3n) is 2.77. The fourth-order valence-electron chi connectivity index (χ4n) is 1.55. The zero-order valence-electron chi connectivity index (χ0n) is 10.4. The van der Waals surface area contributed by atoms with Gasteiger partial charge in [0.05, 0.1) is 5.56 Å². The first-order chi connectivity index (χ1) is 8.97. The Bertz CT molecular complexity index is 513. The van der Waals surface area contributed by atoms with Gasteiger partial charge in [-0.15, -0.1) is 0 Å². The summed E-state index contributed by atoms with van der Waals surface area (Å²) in [5.41, 5.74) is 0.104. The van der Waals surface area contributed by atoms with Gasteiger partial charge in [-0.3, -0.25) is 4.79 Å². The predicted molar refractivity (Wildman–Crippen MR) is 72.4 cm³/mol. The van der Waals surface area contributed by atoms with Crippen LogP contribution in [-0.2, 0) is 4.79 Å². The minimum atomic E-state index is -1.05. The van der Waals surface area contributed by atoms with Gasteiger partial charge in [-0.1, -0.05) is 0 Å². The van der Waals surface area contributed by atoms with Crippen LogP contribution in [0.4, 0.5) is 0 Å². The highest BCUT2D eigenvalue weighted by atomic mass is 79.9. The van der Waals surface area contributed by atoms with E-state index in [1.807, 2.05) is 0 Å². The standard InChI is InChI=1S/C13H14BrNO4/c1-7(12(16)15-8-2-3-8)19-9-4-5-11(14)10(6-9)13(17)18/h4-8H,2-3H2,1H3,(H,15,16)(H,17,18). The number of hydrogen-bond donors (Lipinski definition) is 2. The Kier molecular flexibility index (Phi) is 4.09. The van der Waals surface area contributed by atoms with Crippen molar-refractivity contribution in [3.8, 4) is 5.75 Å². The topological polar surface area (TPSA) is 75.6 Å². The van der Waals surface area contributed by atoms with Gasteiger partial charge in [-0.05, 0) is 53.9 Å². The molecular formula is C13H14BrNO4. The van der Waals surface area contributed by atoms with E-state index in [-0.39, 0.29) is 17.5 Å². The number of carboxylic acids is 1. The van der Waals surface area contributed by atoms with Crippen LogP contribution in [0.2, 0.25) is 0 Å². The van der Waals surface area contributed by atoms with Crippen molar-refractivity contribution in [1.29, 1.82) is 0 Å². The van der Waals surface area contributed by atoms with Crippen molar-refractivity contribution in [3.05, 3.63) is 28.2 Å². The molecule has 0 bridgehead atoms. The molecule has 1 aliphatic rings. The number of nitrogens with one attached hydrogen (secondary N) is 1. The molecular weight excluding hydrogens is 314 g/mol. The van der Waals surface area contributed by atoms with Crippen molar-refractivity contribution >= 4 is 27.8 Å². The second-order valence-electron chi connectivity index (χ2n) is 4.49. The smallest absolute Gasteiger partial charge is 0.336 e. The first-order valence-corrected chi connectivity index (χ1v) is 6.76. The maximum atomic E-state index is 11.7. The summed E-state index contributed by atoms with van der Waals surface area (Å²) in [6, 6.07) is 4.88. The molecule has 1 saturated carbocycles. The molecule has 6 heteroatoms. The average molecular weight is 328 g/mol. The molecule has 2 rings (SSSR count). The zero-order valence-corrected chi connectivity index (χ0v) is 11.9. The van der Waals surface area contributed by atoms with Gasteiger partial charge in [-0.25, -0.2) is 4.79 Å². The van der Waals surface area contributed by atoms with E-state index in [2.05, 4.69) is 21.2 Å². The first-order valence-electron chi connectivity index (χ1n) is 5.97. The van der Waals surface area contributed by atoms with Crippen molar-refractivity contribution in [1.82, 2.24) is 5.32 Å². The van der Waals surface area contributed by atoms with Gasteiger partial charge in [0.25, 0.3) is 5.91 Å². The van der Waals surface area contributed by atoms with Crippen LogP contribution < -0.4 is 10.1 Å². The number of amides is 1. The van der Waals surface area contributed by atoms with E-state index >= 15 is 0 Å². The lowest BCUT2D eigenvalue weighted by Gasteiger charge is -2.15. The molecule has 2 N–H and O–H groups in total. The number of benzene rings is 1. The highest BCUT2D eigenvalue weighted by molar-refractivity contribution is 9.10. The Morgan fingerprint density at radius 3 is 2.74 bits per heavy atom. The molecule has 5 nitrogen and oxygen atoms in total. The summed E-state index contributed by atoms with van der Waals surface area (Å²) in [4.78, 5) is 22.7. The molecule has 1 aromatic rings. The molecule has 0 aliphatic heterocycles. The van der Waals surface area contributed by atoms with Gasteiger partial charge in [0.15, 0.2) is 6.10 Å². The van der Waals surface area contributed by atoms with Crippen LogP contribution in [-0.4, -0.2) is 29.1 Å². The van der Waals surface area contributed by atoms with Crippen LogP contribution in [0, 0.1) is 0 Å². The average Bonchev–Trinajstić information content (AvgIpc) is 3.15. The monoisotopic (exact) mass is 327 g/mol. The van der Waals surface area contributed by atoms with Crippen LogP contribution in [0.3, 0.4) is 0 Å². The molecule has 1 unspecified atom stereocenters. The Morgan fingerprint density at radius 2 is 2.16 bits per heavy atom. The Morgan fingerprint density at radius 1 is 1.47 bits per heavy atom. The van der Waals surface area contributed by atoms with Gasteiger partial charge in [0.2, 0.25) is 0 Å². The number of ether oxygens (including phenoxy) is 1. The van der Waals surface area contributed by atoms with Crippen LogP contribution in [0.15, 0.2) is 22.7 Å². The SMILES string of the molecule is CC(Oc1ccc(Br)c(C(=O)O)c1)C(=O)NC1CC1. The molecule has 0 aromatic heterocycles. The normalized spacial score (nSPS) is 15.7. The molecule has 0 spiro atoms. The minimum absolute atomic E-state index is 0.104. The summed E-state index contributed by atoms with van der Waals surface area (Å²) in [5, 5.41) is 11.8. The molecule has 1 amide bonds. The van der Waals surface area contributed by atoms with E-state index < -0.39 is 12.1 Å². The number of aromatic carboxylic acids is 1. The lowest BCUT2D eigenvalue weighted by molar-refractivity contribution is -0.127. The lowest BCUT2D eigenvalue weighted by Crippen LogP contribution is -2.37. The highest BCUT2D eigenvalue weighted by Crippen LogP contribution is 2.24. The summed E-state index contributed by atoms with van der Waals surface area (Å²) < 4.78 is 5.93. The molecule has 1 fully saturated rings. The Labute approximate surface area is 119 Å². The molecule has 1 aromatic carbocycles. The third kappa shape index (κ3) is 3.70. The highest BCUT2D eigenvalue weighted by Gasteiger charge is 2.26. The number of rotatable bonds is 5. The van der Waals surface area contributed by atoms with Crippen LogP contribution in [0.1, 0.15) is 30.1 Å². The summed E-state index contributed by atoms with van der Waals surface area (Å²) >= 11 is 3.15. The molecule has 0 radical (unpaired) electrons. The van der Waals surface area contributed by atoms with Gasteiger partial charge in [0.1, 0.15) is 5.75 Å². The molecule has 0 heterocycles. The van der Waals surface area contributed by atoms with Crippen molar-refractivity contribution in [2.75, 3.05) is 0 Å². The largest absolute Gasteiger partial charge is 0.481 e. The van der Waals surface area contributed by atoms with Crippen molar-refractivity contribution in [2.45, 2.75) is 31.9 Å². The van der Waals surface area contributed by atoms with Crippen LogP contribution in [0.25, 0.3) is 0 Å². The van der Waals surface area contributed by atoms with Gasteiger partial charge in [-0.2, -0.15) is 0 Å². The number of carbonyl (C=O) groups excluding carboxylic acids is 1. The van der Waals surface area contributed by atoms with E-state index in [1.165, 1.54) is 6.07 Å². The fraction of sp³-hybridized carbons (Fsp3) is 0.385. The van der Waals surface area contributed by atoms with Crippen LogP contribution in [0.5, 0.6) is 5.75 Å². The van der Waals surface area contributed by atoms with E-state index in [0.29, 0.717) is 10.2 Å². The van der Waals surface area contributed by atoms with Gasteiger partial charge in [0, 0.05) is 10.5 Å². The molecule has 1 atom stereocenters. The van der Waals surface area contributed by atoms with E-state index in [9.17, 15) is 9.59 Å². The molecule has 102 valence electrons. The molecule has 0 saturated heterocycles. The zero-order chi connectivity index (χ0) is 14.0. The van der Waals surface area contributed by atoms with E-state index in [0.717, 1.165) is 12.8 Å². The minimum Gasteiger partial charge on any atom is -0.481 e. The predicted octanol–water partition coefficient (Wildman–Crippen LogP) is 2.19. The van der Waals surface area contributed by atoms with E-state index in [4.69, 9.17) is 9.84 Å². The van der Waals surface area contributed by atoms with Gasteiger partial charge >= 0.3 is 5.97 Å². The second-order valence-corrected chi connectivity index (χ2v) is 5.34. The summed E-state index contributed by atoms with van der Waals surface area (Å²) in [7, 11) is 0. The lowest BCUT2D eigenvalue weighted by atomic mass is 10.2. The maximum Gasteiger partial charge on any atom is 0.336 e. The third-order valence-corrected chi connectivity index (χ3v) is 3.47. The molecule has 1 aliphatic carbocycles. The van der Waals surface area contributed by atoms with Crippen LogP contribution >= 0.6 is 15.9 Å². The quantitative estimate of drug-likeness (QED) is 0.869. The summed E-state index contributed by atoms with van der Waals surface area (Å²) in [5.74, 6) is -0.867. The van der Waals surface area contributed by atoms with Crippen molar-refractivity contribution < 1.29 is 19.4 Å². The number of hydrogen-bond acceptors (Lipinski definition) is 3. The summed E-state index contributed by atoms with van der Waals surface area (Å²) in [6.45, 7) is 1.64. The van der Waals surface area contributed by atoms with Crippen molar-refractivity contribution in [2.24, 2.45) is 0 Å². The number of halogens is 1. The first kappa shape index (κ1) is 13.9. The van der Waals surface area contributed by atoms with Crippen molar-refractivity contribution in [3.63, 3.8) is 0 Å². The molecule has 19 heavy (non-hydrogen) atoms. The fourth-order valence-corrected chi connectivity index (χ4v) is 1.96.